The zero-order valence-corrected chi connectivity index (χ0v) is 21.4. The third-order valence-electron chi connectivity index (χ3n) is 6.05. The van der Waals surface area contributed by atoms with Gasteiger partial charge in [-0.05, 0) is 30.2 Å². The fraction of sp³-hybridized carbons (Fsp3) is 0.360. The van der Waals surface area contributed by atoms with E-state index in [1.54, 1.807) is 32.9 Å². The first kappa shape index (κ1) is 24.5. The third-order valence-corrected chi connectivity index (χ3v) is 9.24. The number of carbonyl (C=O) groups excluding carboxylic acids is 1. The molecule has 7 nitrogen and oxygen atoms in total. The third kappa shape index (κ3) is 5.22. The van der Waals surface area contributed by atoms with E-state index in [-0.39, 0.29) is 10.8 Å². The molecule has 1 aliphatic rings. The molecule has 2 aromatic carbocycles. The number of sulfonamides is 1. The van der Waals surface area contributed by atoms with Gasteiger partial charge in [0.15, 0.2) is 5.13 Å². The summed E-state index contributed by atoms with van der Waals surface area (Å²) < 4.78 is 27.4. The first-order valence-corrected chi connectivity index (χ1v) is 13.7. The predicted molar refractivity (Wildman–Crippen MR) is 136 cm³/mol. The van der Waals surface area contributed by atoms with Crippen molar-refractivity contribution < 1.29 is 13.2 Å². The molecule has 34 heavy (non-hydrogen) atoms. The number of hydrogen-bond donors (Lipinski definition) is 1. The molecule has 0 fully saturated rings. The van der Waals surface area contributed by atoms with Crippen LogP contribution in [0.15, 0.2) is 53.4 Å². The number of fused-ring (bicyclic) bond motifs is 1. The molecule has 0 spiro atoms. The lowest BCUT2D eigenvalue weighted by Crippen LogP contribution is -2.31. The van der Waals surface area contributed by atoms with Crippen molar-refractivity contribution in [3.8, 4) is 0 Å². The number of rotatable bonds is 8. The van der Waals surface area contributed by atoms with Crippen molar-refractivity contribution in [1.82, 2.24) is 14.2 Å². The number of aromatic nitrogens is 1. The van der Waals surface area contributed by atoms with Crippen LogP contribution >= 0.6 is 11.3 Å². The number of nitrogens with zero attached hydrogens (tertiary/aromatic N) is 3. The molecular formula is C25H30N4O3S2. The zero-order valence-electron chi connectivity index (χ0n) is 19.7. The van der Waals surface area contributed by atoms with Crippen LogP contribution in [-0.4, -0.2) is 48.1 Å². The van der Waals surface area contributed by atoms with Gasteiger partial charge in [0.2, 0.25) is 10.0 Å². The molecule has 0 radical (unpaired) electrons. The fourth-order valence-electron chi connectivity index (χ4n) is 4.17. The van der Waals surface area contributed by atoms with Crippen LogP contribution in [0.25, 0.3) is 0 Å². The number of thiazole rings is 1. The smallest absolute Gasteiger partial charge is 0.257 e. The van der Waals surface area contributed by atoms with Crippen LogP contribution in [0.3, 0.4) is 0 Å². The van der Waals surface area contributed by atoms with Crippen molar-refractivity contribution in [2.24, 2.45) is 0 Å². The first-order chi connectivity index (χ1) is 16.3. The first-order valence-electron chi connectivity index (χ1n) is 11.5. The van der Waals surface area contributed by atoms with Crippen molar-refractivity contribution in [2.45, 2.75) is 45.2 Å². The Balaban J connectivity index is 1.48. The van der Waals surface area contributed by atoms with E-state index in [1.807, 2.05) is 6.07 Å². The van der Waals surface area contributed by atoms with Gasteiger partial charge in [0.1, 0.15) is 0 Å². The number of aryl methyl sites for hydroxylation is 1. The van der Waals surface area contributed by atoms with E-state index in [4.69, 9.17) is 0 Å². The summed E-state index contributed by atoms with van der Waals surface area (Å²) in [5.41, 5.74) is 3.22. The summed E-state index contributed by atoms with van der Waals surface area (Å²) in [4.78, 5) is 21.3. The van der Waals surface area contributed by atoms with Crippen LogP contribution in [0.1, 0.15) is 45.9 Å². The van der Waals surface area contributed by atoms with Gasteiger partial charge in [-0.3, -0.25) is 15.0 Å². The maximum atomic E-state index is 13.0. The van der Waals surface area contributed by atoms with Gasteiger partial charge in [-0.15, -0.1) is 11.3 Å². The summed E-state index contributed by atoms with van der Waals surface area (Å²) in [6, 6.07) is 15.2. The highest BCUT2D eigenvalue weighted by atomic mass is 32.2. The van der Waals surface area contributed by atoms with Gasteiger partial charge in [-0.2, -0.15) is 4.31 Å². The second-order valence-corrected chi connectivity index (χ2v) is 11.3. The molecule has 180 valence electrons. The molecule has 4 rings (SSSR count). The molecule has 1 aromatic heterocycles. The molecule has 0 saturated heterocycles. The summed E-state index contributed by atoms with van der Waals surface area (Å²) in [6.45, 7) is 8.71. The average molecular weight is 499 g/mol. The van der Waals surface area contributed by atoms with Crippen LogP contribution < -0.4 is 5.32 Å². The lowest BCUT2D eigenvalue weighted by atomic mass is 10.1. The van der Waals surface area contributed by atoms with E-state index in [1.165, 1.54) is 27.3 Å². The molecule has 1 amide bonds. The molecule has 0 aliphatic carbocycles. The number of benzene rings is 2. The SMILES string of the molecule is CCN(CC)S(=O)(=O)c1cc(C(=O)Nc2nc3c(s2)CN(Cc2ccccc2)CC3)ccc1C. The van der Waals surface area contributed by atoms with E-state index in [0.29, 0.717) is 29.3 Å². The highest BCUT2D eigenvalue weighted by Gasteiger charge is 2.26. The summed E-state index contributed by atoms with van der Waals surface area (Å²) in [6.07, 6.45) is 0.839. The Labute approximate surface area is 205 Å². The molecule has 0 bridgehead atoms. The number of nitrogens with one attached hydrogen (secondary N) is 1. The lowest BCUT2D eigenvalue weighted by Gasteiger charge is -2.25. The molecule has 0 atom stereocenters. The van der Waals surface area contributed by atoms with Crippen LogP contribution in [0, 0.1) is 6.92 Å². The largest absolute Gasteiger partial charge is 0.298 e. The maximum absolute atomic E-state index is 13.0. The van der Waals surface area contributed by atoms with E-state index in [0.717, 1.165) is 36.6 Å². The summed E-state index contributed by atoms with van der Waals surface area (Å²) in [5.74, 6) is -0.358. The maximum Gasteiger partial charge on any atom is 0.257 e. The summed E-state index contributed by atoms with van der Waals surface area (Å²) in [5, 5.41) is 3.42. The standard InChI is InChI=1S/C25H30N4O3S2/c1-4-29(5-2)34(31,32)23-15-20(12-11-18(23)3)24(30)27-25-26-21-13-14-28(17-22(21)33-25)16-19-9-7-6-8-10-19/h6-12,15H,4-5,13-14,16-17H2,1-3H3,(H,26,27,30). The highest BCUT2D eigenvalue weighted by Crippen LogP contribution is 2.30. The van der Waals surface area contributed by atoms with Gasteiger partial charge in [-0.1, -0.05) is 50.2 Å². The van der Waals surface area contributed by atoms with Gasteiger partial charge in [0.05, 0.1) is 10.6 Å². The molecule has 0 saturated carbocycles. The number of hydrogen-bond acceptors (Lipinski definition) is 6. The van der Waals surface area contributed by atoms with Gasteiger partial charge in [-0.25, -0.2) is 13.4 Å². The zero-order chi connectivity index (χ0) is 24.3. The second kappa shape index (κ2) is 10.4. The van der Waals surface area contributed by atoms with Gasteiger partial charge in [0.25, 0.3) is 5.91 Å². The molecular weight excluding hydrogens is 468 g/mol. The normalized spacial score (nSPS) is 14.2. The minimum Gasteiger partial charge on any atom is -0.298 e. The van der Waals surface area contributed by atoms with Gasteiger partial charge in [0, 0.05) is 49.6 Å². The van der Waals surface area contributed by atoms with E-state index in [9.17, 15) is 13.2 Å². The Kier molecular flexibility index (Phi) is 7.47. The predicted octanol–water partition coefficient (Wildman–Crippen LogP) is 4.29. The van der Waals surface area contributed by atoms with Crippen molar-refractivity contribution in [3.05, 3.63) is 75.8 Å². The van der Waals surface area contributed by atoms with E-state index >= 15 is 0 Å². The molecule has 9 heteroatoms. The monoisotopic (exact) mass is 498 g/mol. The number of anilines is 1. The Bertz CT molecular complexity index is 1270. The lowest BCUT2D eigenvalue weighted by molar-refractivity contribution is 0.102. The summed E-state index contributed by atoms with van der Waals surface area (Å²) in [7, 11) is -3.66. The van der Waals surface area contributed by atoms with Crippen LogP contribution in [-0.2, 0) is 29.5 Å². The number of amides is 1. The Hall–Kier alpha value is -2.59. The van der Waals surface area contributed by atoms with E-state index in [2.05, 4.69) is 39.5 Å². The van der Waals surface area contributed by atoms with Crippen LogP contribution in [0.5, 0.6) is 0 Å². The van der Waals surface area contributed by atoms with Crippen molar-refractivity contribution >= 4 is 32.4 Å². The van der Waals surface area contributed by atoms with Crippen LogP contribution in [0.2, 0.25) is 0 Å². The molecule has 0 unspecified atom stereocenters. The topological polar surface area (TPSA) is 82.6 Å². The van der Waals surface area contributed by atoms with Gasteiger partial charge < -0.3 is 0 Å². The van der Waals surface area contributed by atoms with E-state index < -0.39 is 10.0 Å². The fourth-order valence-corrected chi connectivity index (χ4v) is 6.92. The minimum absolute atomic E-state index is 0.166. The van der Waals surface area contributed by atoms with Crippen LogP contribution in [0.4, 0.5) is 5.13 Å². The van der Waals surface area contributed by atoms with Crippen molar-refractivity contribution in [2.75, 3.05) is 25.0 Å². The quantitative estimate of drug-likeness (QED) is 0.501. The second-order valence-electron chi connectivity index (χ2n) is 8.36. The Morgan fingerprint density at radius 2 is 1.88 bits per heavy atom. The average Bonchev–Trinajstić information content (AvgIpc) is 3.22. The highest BCUT2D eigenvalue weighted by molar-refractivity contribution is 7.89. The van der Waals surface area contributed by atoms with Crippen molar-refractivity contribution in [3.63, 3.8) is 0 Å². The molecule has 1 N–H and O–H groups in total. The number of carbonyl (C=O) groups is 1. The minimum atomic E-state index is -3.66. The van der Waals surface area contributed by atoms with Crippen molar-refractivity contribution in [1.29, 1.82) is 0 Å². The molecule has 1 aliphatic heterocycles. The molecule has 2 heterocycles. The Morgan fingerprint density at radius 3 is 2.59 bits per heavy atom. The molecule has 3 aromatic rings. The Morgan fingerprint density at radius 1 is 1.15 bits per heavy atom. The van der Waals surface area contributed by atoms with Gasteiger partial charge >= 0.3 is 0 Å². The summed E-state index contributed by atoms with van der Waals surface area (Å²) >= 11 is 1.49.